The molecule has 1 unspecified atom stereocenters. The first-order valence-corrected chi connectivity index (χ1v) is 11.2. The lowest BCUT2D eigenvalue weighted by atomic mass is 9.98. The zero-order chi connectivity index (χ0) is 22.1. The second kappa shape index (κ2) is 8.51. The van der Waals surface area contributed by atoms with Crippen molar-refractivity contribution in [3.05, 3.63) is 94.8 Å². The minimum absolute atomic E-state index is 0.0385. The largest absolute Gasteiger partial charge is 0.465 e. The van der Waals surface area contributed by atoms with E-state index in [2.05, 4.69) is 46.3 Å². The quantitative estimate of drug-likeness (QED) is 0.522. The number of carbonyl (C=O) groups excluding carboxylic acids is 1. The summed E-state index contributed by atoms with van der Waals surface area (Å²) >= 11 is 1.33. The molecule has 160 valence electrons. The Hall–Kier alpha value is -3.58. The summed E-state index contributed by atoms with van der Waals surface area (Å²) in [6.07, 6.45) is 4.04. The van der Waals surface area contributed by atoms with E-state index in [0.29, 0.717) is 15.8 Å². The number of thioether (sulfide) groups is 1. The van der Waals surface area contributed by atoms with Crippen LogP contribution < -0.4 is 4.90 Å². The van der Waals surface area contributed by atoms with Crippen LogP contribution in [0.2, 0.25) is 0 Å². The Morgan fingerprint density at radius 1 is 1.06 bits per heavy atom. The van der Waals surface area contributed by atoms with Crippen LogP contribution in [0.3, 0.4) is 0 Å². The lowest BCUT2D eigenvalue weighted by Gasteiger charge is -2.23. The fourth-order valence-electron chi connectivity index (χ4n) is 3.74. The van der Waals surface area contributed by atoms with Gasteiger partial charge in [0.1, 0.15) is 5.76 Å². The number of hydrazone groups is 1. The molecule has 3 heterocycles. The number of rotatable bonds is 4. The SMILES string of the molecule is CN(C)c1ccc(C2CC(c3ccccc3)=NN2C2=NC(=O)/C(=C/c3ccco3)S2)cc1. The third-order valence-corrected chi connectivity index (χ3v) is 6.41. The van der Waals surface area contributed by atoms with Crippen LogP contribution in [0.1, 0.15) is 29.3 Å². The number of nitrogens with zero attached hydrogens (tertiary/aromatic N) is 4. The van der Waals surface area contributed by atoms with Gasteiger partial charge in [-0.3, -0.25) is 4.79 Å². The lowest BCUT2D eigenvalue weighted by molar-refractivity contribution is -0.113. The molecule has 0 saturated heterocycles. The molecule has 0 radical (unpaired) electrons. The Labute approximate surface area is 190 Å². The minimum atomic E-state index is -0.272. The maximum Gasteiger partial charge on any atom is 0.286 e. The number of amides is 1. The van der Waals surface area contributed by atoms with Gasteiger partial charge in [-0.05, 0) is 47.2 Å². The number of aliphatic imine (C=N–C) groups is 1. The monoisotopic (exact) mass is 442 g/mol. The summed E-state index contributed by atoms with van der Waals surface area (Å²) in [5.41, 5.74) is 4.32. The molecule has 32 heavy (non-hydrogen) atoms. The molecular weight excluding hydrogens is 420 g/mol. The Morgan fingerprint density at radius 3 is 2.53 bits per heavy atom. The van der Waals surface area contributed by atoms with Crippen molar-refractivity contribution in [2.45, 2.75) is 12.5 Å². The fraction of sp³-hybridized carbons (Fsp3) is 0.160. The summed E-state index contributed by atoms with van der Waals surface area (Å²) in [6.45, 7) is 0. The lowest BCUT2D eigenvalue weighted by Crippen LogP contribution is -2.23. The second-order valence-corrected chi connectivity index (χ2v) is 8.80. The first-order valence-electron chi connectivity index (χ1n) is 10.3. The first-order chi connectivity index (χ1) is 15.6. The third-order valence-electron chi connectivity index (χ3n) is 5.43. The van der Waals surface area contributed by atoms with Crippen LogP contribution in [0.25, 0.3) is 6.08 Å². The number of carbonyl (C=O) groups is 1. The summed E-state index contributed by atoms with van der Waals surface area (Å²) < 4.78 is 5.36. The molecule has 1 amide bonds. The van der Waals surface area contributed by atoms with E-state index in [1.807, 2.05) is 43.4 Å². The highest BCUT2D eigenvalue weighted by atomic mass is 32.2. The number of benzene rings is 2. The van der Waals surface area contributed by atoms with Crippen molar-refractivity contribution in [3.8, 4) is 0 Å². The number of hydrogen-bond acceptors (Lipinski definition) is 6. The molecule has 5 rings (SSSR count). The predicted octanol–water partition coefficient (Wildman–Crippen LogP) is 5.17. The molecule has 2 aliphatic rings. The molecule has 0 spiro atoms. The molecule has 2 aliphatic heterocycles. The fourth-order valence-corrected chi connectivity index (χ4v) is 4.64. The van der Waals surface area contributed by atoms with E-state index >= 15 is 0 Å². The Kier molecular flexibility index (Phi) is 5.41. The van der Waals surface area contributed by atoms with E-state index in [1.165, 1.54) is 11.8 Å². The topological polar surface area (TPSA) is 61.4 Å². The van der Waals surface area contributed by atoms with Crippen LogP contribution in [-0.4, -0.2) is 35.9 Å². The molecule has 7 heteroatoms. The summed E-state index contributed by atoms with van der Waals surface area (Å²) in [5, 5.41) is 7.38. The van der Waals surface area contributed by atoms with Gasteiger partial charge in [-0.15, -0.1) is 0 Å². The average Bonchev–Trinajstić information content (AvgIpc) is 3.55. The van der Waals surface area contributed by atoms with Gasteiger partial charge in [0.25, 0.3) is 5.91 Å². The number of anilines is 1. The van der Waals surface area contributed by atoms with Gasteiger partial charge in [0.15, 0.2) is 5.17 Å². The van der Waals surface area contributed by atoms with Gasteiger partial charge in [-0.2, -0.15) is 10.1 Å². The number of amidine groups is 1. The van der Waals surface area contributed by atoms with Crippen molar-refractivity contribution in [3.63, 3.8) is 0 Å². The molecule has 3 aromatic rings. The molecule has 1 atom stereocenters. The Bertz CT molecular complexity index is 1210. The Morgan fingerprint density at radius 2 is 1.84 bits per heavy atom. The van der Waals surface area contributed by atoms with Gasteiger partial charge in [0.2, 0.25) is 0 Å². The molecule has 6 nitrogen and oxygen atoms in total. The van der Waals surface area contributed by atoms with Crippen LogP contribution in [0.5, 0.6) is 0 Å². The van der Waals surface area contributed by atoms with Gasteiger partial charge in [-0.1, -0.05) is 42.5 Å². The highest BCUT2D eigenvalue weighted by Crippen LogP contribution is 2.39. The number of hydrogen-bond donors (Lipinski definition) is 0. The van der Waals surface area contributed by atoms with Crippen molar-refractivity contribution in [2.24, 2.45) is 10.1 Å². The van der Waals surface area contributed by atoms with Crippen LogP contribution in [0, 0.1) is 0 Å². The normalized spacial score (nSPS) is 19.4. The zero-order valence-corrected chi connectivity index (χ0v) is 18.6. The standard InChI is InChI=1S/C25H22N4O2S/c1-28(2)19-12-10-18(11-13-19)22-16-21(17-7-4-3-5-8-17)27-29(22)25-26-24(30)23(32-25)15-20-9-6-14-31-20/h3-15,22H,16H2,1-2H3/b23-15-. The molecule has 1 aromatic heterocycles. The maximum absolute atomic E-state index is 12.6. The van der Waals surface area contributed by atoms with Gasteiger partial charge < -0.3 is 9.32 Å². The predicted molar refractivity (Wildman–Crippen MR) is 130 cm³/mol. The maximum atomic E-state index is 12.6. The van der Waals surface area contributed by atoms with Gasteiger partial charge in [0, 0.05) is 32.3 Å². The average molecular weight is 443 g/mol. The van der Waals surface area contributed by atoms with Gasteiger partial charge in [-0.25, -0.2) is 5.01 Å². The van der Waals surface area contributed by atoms with Crippen LogP contribution in [-0.2, 0) is 4.79 Å². The minimum Gasteiger partial charge on any atom is -0.465 e. The first kappa shape index (κ1) is 20.3. The van der Waals surface area contributed by atoms with E-state index in [0.717, 1.165) is 28.9 Å². The Balaban J connectivity index is 1.48. The van der Waals surface area contributed by atoms with Crippen molar-refractivity contribution >= 4 is 40.3 Å². The van der Waals surface area contributed by atoms with Gasteiger partial charge in [0.05, 0.1) is 22.9 Å². The summed E-state index contributed by atoms with van der Waals surface area (Å²) in [4.78, 5) is 19.5. The smallest absolute Gasteiger partial charge is 0.286 e. The van der Waals surface area contributed by atoms with E-state index in [4.69, 9.17) is 9.52 Å². The van der Waals surface area contributed by atoms with Crippen LogP contribution in [0.4, 0.5) is 5.69 Å². The van der Waals surface area contributed by atoms with E-state index in [-0.39, 0.29) is 11.9 Å². The summed E-state index contributed by atoms with van der Waals surface area (Å²) in [5.74, 6) is 0.356. The third kappa shape index (κ3) is 3.99. The van der Waals surface area contributed by atoms with Crippen molar-refractivity contribution < 1.29 is 9.21 Å². The highest BCUT2D eigenvalue weighted by Gasteiger charge is 2.36. The highest BCUT2D eigenvalue weighted by molar-refractivity contribution is 8.18. The molecule has 2 aromatic carbocycles. The van der Waals surface area contributed by atoms with Crippen molar-refractivity contribution in [1.29, 1.82) is 0 Å². The van der Waals surface area contributed by atoms with Crippen molar-refractivity contribution in [1.82, 2.24) is 5.01 Å². The van der Waals surface area contributed by atoms with E-state index in [1.54, 1.807) is 18.4 Å². The molecular formula is C25H22N4O2S. The van der Waals surface area contributed by atoms with Crippen LogP contribution in [0.15, 0.2) is 92.4 Å². The summed E-state index contributed by atoms with van der Waals surface area (Å²) in [6, 6.07) is 22.2. The molecule has 0 bridgehead atoms. The second-order valence-electron chi connectivity index (χ2n) is 7.79. The molecule has 0 aliphatic carbocycles. The van der Waals surface area contributed by atoms with E-state index in [9.17, 15) is 4.79 Å². The number of furan rings is 1. The summed E-state index contributed by atoms with van der Waals surface area (Å²) in [7, 11) is 4.05. The van der Waals surface area contributed by atoms with Crippen molar-refractivity contribution in [2.75, 3.05) is 19.0 Å². The molecule has 0 fully saturated rings. The van der Waals surface area contributed by atoms with E-state index < -0.39 is 0 Å². The molecule has 0 saturated carbocycles. The van der Waals surface area contributed by atoms with Gasteiger partial charge >= 0.3 is 0 Å². The zero-order valence-electron chi connectivity index (χ0n) is 17.8. The van der Waals surface area contributed by atoms with Crippen LogP contribution >= 0.6 is 11.8 Å². The molecule has 0 N–H and O–H groups in total.